The largest absolute Gasteiger partial charge is 0.457 e. The first-order chi connectivity index (χ1) is 8.90. The molecule has 7 nitrogen and oxygen atoms in total. The van der Waals surface area contributed by atoms with Gasteiger partial charge in [-0.3, -0.25) is 9.59 Å². The molecule has 1 aliphatic rings. The second-order valence-electron chi connectivity index (χ2n) is 4.07. The average Bonchev–Trinajstić information content (AvgIpc) is 2.32. The number of carbonyl (C=O) groups is 2. The molecule has 0 aliphatic carbocycles. The van der Waals surface area contributed by atoms with Crippen molar-refractivity contribution in [2.45, 2.75) is 44.6 Å². The number of methoxy groups -OCH3 is 1. The SMILES string of the molecule is CO[C@H]1[C@@H](OC(C)=O)[C@@H](O)O[C@H](CI)[C@H]1OC(C)=O. The maximum atomic E-state index is 11.1. The lowest BCUT2D eigenvalue weighted by atomic mass is 9.99. The van der Waals surface area contributed by atoms with E-state index in [9.17, 15) is 14.7 Å². The Morgan fingerprint density at radius 2 is 1.68 bits per heavy atom. The van der Waals surface area contributed by atoms with Crippen molar-refractivity contribution in [1.29, 1.82) is 0 Å². The average molecular weight is 388 g/mol. The summed E-state index contributed by atoms with van der Waals surface area (Å²) in [5, 5.41) is 9.85. The summed E-state index contributed by atoms with van der Waals surface area (Å²) in [6.45, 7) is 2.48. The van der Waals surface area contributed by atoms with Crippen molar-refractivity contribution in [3.05, 3.63) is 0 Å². The third kappa shape index (κ3) is 4.26. The van der Waals surface area contributed by atoms with Gasteiger partial charge >= 0.3 is 11.9 Å². The fourth-order valence-corrected chi connectivity index (χ4v) is 2.65. The molecule has 8 heteroatoms. The third-order valence-electron chi connectivity index (χ3n) is 2.64. The Bertz CT molecular complexity index is 335. The second kappa shape index (κ2) is 7.36. The Morgan fingerprint density at radius 1 is 1.16 bits per heavy atom. The number of hydrogen-bond acceptors (Lipinski definition) is 7. The van der Waals surface area contributed by atoms with E-state index in [4.69, 9.17) is 18.9 Å². The lowest BCUT2D eigenvalue weighted by molar-refractivity contribution is -0.287. The van der Waals surface area contributed by atoms with Gasteiger partial charge in [0.25, 0.3) is 0 Å². The zero-order valence-corrected chi connectivity index (χ0v) is 13.0. The zero-order chi connectivity index (χ0) is 14.6. The second-order valence-corrected chi connectivity index (χ2v) is 4.95. The third-order valence-corrected chi connectivity index (χ3v) is 3.51. The molecule has 1 saturated heterocycles. The standard InChI is InChI=1S/C11H17IO7/c1-5(13)17-8-7(4-12)19-11(15)10(9(8)16-3)18-6(2)14/h7-11,15H,4H2,1-3H3/t7-,8-,9-,10-,11+/m1/s1. The van der Waals surface area contributed by atoms with E-state index in [2.05, 4.69) is 0 Å². The predicted molar refractivity (Wildman–Crippen MR) is 71.7 cm³/mol. The summed E-state index contributed by atoms with van der Waals surface area (Å²) in [6.07, 6.45) is -4.41. The maximum absolute atomic E-state index is 11.1. The van der Waals surface area contributed by atoms with Gasteiger partial charge in [-0.25, -0.2) is 0 Å². The van der Waals surface area contributed by atoms with Gasteiger partial charge < -0.3 is 24.1 Å². The van der Waals surface area contributed by atoms with Gasteiger partial charge in [-0.1, -0.05) is 22.6 Å². The van der Waals surface area contributed by atoms with Crippen molar-refractivity contribution in [1.82, 2.24) is 0 Å². The fourth-order valence-electron chi connectivity index (χ4n) is 1.94. The molecule has 0 spiro atoms. The monoisotopic (exact) mass is 388 g/mol. The van der Waals surface area contributed by atoms with Crippen LogP contribution in [-0.2, 0) is 28.5 Å². The molecule has 0 aromatic heterocycles. The van der Waals surface area contributed by atoms with E-state index in [1.807, 2.05) is 22.6 Å². The van der Waals surface area contributed by atoms with Crippen LogP contribution >= 0.6 is 22.6 Å². The van der Waals surface area contributed by atoms with Crippen LogP contribution in [0.4, 0.5) is 0 Å². The van der Waals surface area contributed by atoms with Gasteiger partial charge in [0.2, 0.25) is 0 Å². The lowest BCUT2D eigenvalue weighted by Crippen LogP contribution is -2.61. The van der Waals surface area contributed by atoms with Crippen molar-refractivity contribution < 1.29 is 33.6 Å². The first-order valence-corrected chi connectivity index (χ1v) is 7.20. The molecule has 19 heavy (non-hydrogen) atoms. The number of ether oxygens (including phenoxy) is 4. The molecule has 0 saturated carbocycles. The first kappa shape index (κ1) is 16.6. The number of aliphatic hydroxyl groups is 1. The summed E-state index contributed by atoms with van der Waals surface area (Å²) in [4.78, 5) is 22.2. The van der Waals surface area contributed by atoms with Crippen LogP contribution < -0.4 is 0 Å². The van der Waals surface area contributed by atoms with Crippen LogP contribution in [0.2, 0.25) is 0 Å². The summed E-state index contributed by atoms with van der Waals surface area (Å²) >= 11 is 2.05. The fraction of sp³-hybridized carbons (Fsp3) is 0.818. The minimum atomic E-state index is -1.32. The maximum Gasteiger partial charge on any atom is 0.303 e. The predicted octanol–water partition coefficient (Wildman–Crippen LogP) is 0.0170. The number of carbonyl (C=O) groups excluding carboxylic acids is 2. The van der Waals surface area contributed by atoms with E-state index in [0.717, 1.165) is 0 Å². The molecule has 0 unspecified atom stereocenters. The Labute approximate surface area is 124 Å². The van der Waals surface area contributed by atoms with Crippen LogP contribution in [-0.4, -0.2) is 59.3 Å². The molecule has 0 bridgehead atoms. The van der Waals surface area contributed by atoms with E-state index < -0.39 is 42.6 Å². The Balaban J connectivity index is 2.94. The van der Waals surface area contributed by atoms with Crippen molar-refractivity contribution in [3.63, 3.8) is 0 Å². The van der Waals surface area contributed by atoms with E-state index in [0.29, 0.717) is 4.43 Å². The van der Waals surface area contributed by atoms with E-state index in [1.54, 1.807) is 0 Å². The Kier molecular flexibility index (Phi) is 6.43. The van der Waals surface area contributed by atoms with Crippen LogP contribution in [0.25, 0.3) is 0 Å². The molecular formula is C11H17IO7. The van der Waals surface area contributed by atoms with Gasteiger partial charge in [0, 0.05) is 25.4 Å². The van der Waals surface area contributed by atoms with Crippen LogP contribution in [0.3, 0.4) is 0 Å². The highest BCUT2D eigenvalue weighted by Gasteiger charge is 2.49. The highest BCUT2D eigenvalue weighted by molar-refractivity contribution is 14.1. The van der Waals surface area contributed by atoms with Crippen molar-refractivity contribution in [2.75, 3.05) is 11.5 Å². The molecule has 0 aromatic rings. The summed E-state index contributed by atoms with van der Waals surface area (Å²) in [5.74, 6) is -1.08. The topological polar surface area (TPSA) is 91.3 Å². The van der Waals surface area contributed by atoms with Gasteiger partial charge in [0.15, 0.2) is 18.5 Å². The number of rotatable bonds is 4. The van der Waals surface area contributed by atoms with E-state index in [1.165, 1.54) is 21.0 Å². The van der Waals surface area contributed by atoms with Gasteiger partial charge in [-0.05, 0) is 0 Å². The molecule has 0 aromatic carbocycles. The van der Waals surface area contributed by atoms with Crippen molar-refractivity contribution in [2.24, 2.45) is 0 Å². The molecule has 5 atom stereocenters. The molecule has 0 amide bonds. The van der Waals surface area contributed by atoms with Gasteiger partial charge in [0.05, 0.1) is 0 Å². The van der Waals surface area contributed by atoms with E-state index >= 15 is 0 Å². The minimum Gasteiger partial charge on any atom is -0.457 e. The number of aliphatic hydroxyl groups excluding tert-OH is 1. The number of halogens is 1. The van der Waals surface area contributed by atoms with Gasteiger partial charge in [-0.2, -0.15) is 0 Å². The quantitative estimate of drug-likeness (QED) is 0.413. The Hall–Kier alpha value is -0.450. The summed E-state index contributed by atoms with van der Waals surface area (Å²) in [5.41, 5.74) is 0. The zero-order valence-electron chi connectivity index (χ0n) is 10.9. The molecule has 110 valence electrons. The van der Waals surface area contributed by atoms with Crippen LogP contribution in [0.1, 0.15) is 13.8 Å². The number of esters is 2. The molecular weight excluding hydrogens is 371 g/mol. The van der Waals surface area contributed by atoms with Crippen LogP contribution in [0.15, 0.2) is 0 Å². The molecule has 1 heterocycles. The molecule has 0 radical (unpaired) electrons. The Morgan fingerprint density at radius 3 is 2.11 bits per heavy atom. The van der Waals surface area contributed by atoms with Gasteiger partial charge in [-0.15, -0.1) is 0 Å². The van der Waals surface area contributed by atoms with Crippen molar-refractivity contribution >= 4 is 34.5 Å². The highest BCUT2D eigenvalue weighted by Crippen LogP contribution is 2.28. The highest BCUT2D eigenvalue weighted by atomic mass is 127. The number of alkyl halides is 1. The number of hydrogen-bond donors (Lipinski definition) is 1. The molecule has 1 N–H and O–H groups in total. The molecule has 1 rings (SSSR count). The van der Waals surface area contributed by atoms with Crippen molar-refractivity contribution in [3.8, 4) is 0 Å². The van der Waals surface area contributed by atoms with E-state index in [-0.39, 0.29) is 0 Å². The summed E-state index contributed by atoms with van der Waals surface area (Å²) in [7, 11) is 1.39. The van der Waals surface area contributed by atoms with Crippen LogP contribution in [0, 0.1) is 0 Å². The molecule has 1 aliphatic heterocycles. The lowest BCUT2D eigenvalue weighted by Gasteiger charge is -2.42. The summed E-state index contributed by atoms with van der Waals surface area (Å²) in [6, 6.07) is 0. The smallest absolute Gasteiger partial charge is 0.303 e. The normalized spacial score (nSPS) is 34.7. The first-order valence-electron chi connectivity index (χ1n) is 5.67. The van der Waals surface area contributed by atoms with Crippen LogP contribution in [0.5, 0.6) is 0 Å². The molecule has 1 fully saturated rings. The van der Waals surface area contributed by atoms with Gasteiger partial charge in [0.1, 0.15) is 12.2 Å². The minimum absolute atomic E-state index is 0.486. The summed E-state index contributed by atoms with van der Waals surface area (Å²) < 4.78 is 21.2.